The van der Waals surface area contributed by atoms with Gasteiger partial charge < -0.3 is 9.47 Å². The quantitative estimate of drug-likeness (QED) is 0.769. The Morgan fingerprint density at radius 3 is 2.27 bits per heavy atom. The van der Waals surface area contributed by atoms with Gasteiger partial charge in [0.15, 0.2) is 6.10 Å². The molecule has 0 heterocycles. The predicted octanol–water partition coefficient (Wildman–Crippen LogP) is 2.66. The zero-order valence-corrected chi connectivity index (χ0v) is 13.5. The normalized spacial score (nSPS) is 11.6. The number of rotatable bonds is 6. The zero-order chi connectivity index (χ0) is 19.1. The number of para-hydroxylation sites is 1. The minimum atomic E-state index is -3.09. The summed E-state index contributed by atoms with van der Waals surface area (Å²) in [6.07, 6.45) is -1.01. The van der Waals surface area contributed by atoms with E-state index in [1.54, 1.807) is 0 Å². The van der Waals surface area contributed by atoms with Gasteiger partial charge in [0.2, 0.25) is 0 Å². The van der Waals surface area contributed by atoms with Crippen LogP contribution in [0.25, 0.3) is 0 Å². The summed E-state index contributed by atoms with van der Waals surface area (Å²) in [5, 5.41) is 0. The number of halogens is 3. The standard InChI is InChI=1S/C17H15F3N2O4/c1-10(25-12-8-6-11(18)7-9-12)15(23)21-22-16(24)13-4-2-3-5-14(13)26-17(19)20/h2-10,17H,1H3,(H,21,23)(H,22,24). The van der Waals surface area contributed by atoms with E-state index in [0.29, 0.717) is 0 Å². The largest absolute Gasteiger partial charge is 0.481 e. The summed E-state index contributed by atoms with van der Waals surface area (Å²) in [5.74, 6) is -2.06. The highest BCUT2D eigenvalue weighted by atomic mass is 19.3. The van der Waals surface area contributed by atoms with Crippen LogP contribution in [0.3, 0.4) is 0 Å². The summed E-state index contributed by atoms with van der Waals surface area (Å²) in [6.45, 7) is -1.68. The highest BCUT2D eigenvalue weighted by Gasteiger charge is 2.18. The van der Waals surface area contributed by atoms with Crippen molar-refractivity contribution in [2.75, 3.05) is 0 Å². The molecule has 0 fully saturated rings. The highest BCUT2D eigenvalue weighted by molar-refractivity contribution is 5.98. The number of ether oxygens (including phenoxy) is 2. The maximum absolute atomic E-state index is 12.8. The van der Waals surface area contributed by atoms with Gasteiger partial charge in [0.1, 0.15) is 17.3 Å². The molecule has 0 aliphatic carbocycles. The van der Waals surface area contributed by atoms with Crippen LogP contribution in [0.1, 0.15) is 17.3 Å². The van der Waals surface area contributed by atoms with Crippen molar-refractivity contribution in [1.82, 2.24) is 10.9 Å². The van der Waals surface area contributed by atoms with E-state index >= 15 is 0 Å². The van der Waals surface area contributed by atoms with Gasteiger partial charge in [-0.2, -0.15) is 8.78 Å². The lowest BCUT2D eigenvalue weighted by atomic mass is 10.2. The van der Waals surface area contributed by atoms with Crippen LogP contribution in [0.2, 0.25) is 0 Å². The van der Waals surface area contributed by atoms with Crippen LogP contribution >= 0.6 is 0 Å². The molecule has 2 rings (SSSR count). The molecule has 0 bridgehead atoms. The summed E-state index contributed by atoms with van der Waals surface area (Å²) in [4.78, 5) is 24.0. The first-order valence-electron chi connectivity index (χ1n) is 7.43. The Kier molecular flexibility index (Phi) is 6.42. The van der Waals surface area contributed by atoms with Gasteiger partial charge in [0.05, 0.1) is 5.56 Å². The lowest BCUT2D eigenvalue weighted by Crippen LogP contribution is -2.47. The van der Waals surface area contributed by atoms with Gasteiger partial charge in [-0.15, -0.1) is 0 Å². The van der Waals surface area contributed by atoms with Gasteiger partial charge >= 0.3 is 6.61 Å². The third-order valence-corrected chi connectivity index (χ3v) is 3.14. The Morgan fingerprint density at radius 2 is 1.62 bits per heavy atom. The van der Waals surface area contributed by atoms with Gasteiger partial charge in [-0.1, -0.05) is 12.1 Å². The van der Waals surface area contributed by atoms with Crippen LogP contribution in [0.5, 0.6) is 11.5 Å². The second-order valence-electron chi connectivity index (χ2n) is 5.03. The topological polar surface area (TPSA) is 76.7 Å². The van der Waals surface area contributed by atoms with E-state index in [-0.39, 0.29) is 17.1 Å². The second kappa shape index (κ2) is 8.75. The number of hydrogen-bond donors (Lipinski definition) is 2. The van der Waals surface area contributed by atoms with Crippen LogP contribution in [0.4, 0.5) is 13.2 Å². The predicted molar refractivity (Wildman–Crippen MR) is 85.2 cm³/mol. The van der Waals surface area contributed by atoms with Crippen molar-refractivity contribution in [2.24, 2.45) is 0 Å². The molecule has 0 spiro atoms. The fourth-order valence-corrected chi connectivity index (χ4v) is 1.91. The molecule has 0 radical (unpaired) electrons. The number of nitrogens with one attached hydrogen (secondary N) is 2. The summed E-state index contributed by atoms with van der Waals surface area (Å²) in [5.41, 5.74) is 4.02. The Morgan fingerprint density at radius 1 is 0.962 bits per heavy atom. The molecule has 2 aromatic carbocycles. The van der Waals surface area contributed by atoms with E-state index in [4.69, 9.17) is 4.74 Å². The Labute approximate surface area is 146 Å². The number of alkyl halides is 2. The fraction of sp³-hybridized carbons (Fsp3) is 0.176. The third kappa shape index (κ3) is 5.40. The van der Waals surface area contributed by atoms with Crippen LogP contribution in [0.15, 0.2) is 48.5 Å². The number of benzene rings is 2. The Balaban J connectivity index is 1.92. The molecule has 0 aliphatic rings. The monoisotopic (exact) mass is 368 g/mol. The summed E-state index contributed by atoms with van der Waals surface area (Å²) in [6, 6.07) is 10.4. The molecule has 2 N–H and O–H groups in total. The van der Waals surface area contributed by atoms with Gasteiger partial charge in [0, 0.05) is 0 Å². The molecule has 138 valence electrons. The van der Waals surface area contributed by atoms with E-state index in [1.165, 1.54) is 55.5 Å². The first-order chi connectivity index (χ1) is 12.4. The summed E-state index contributed by atoms with van der Waals surface area (Å²) in [7, 11) is 0. The number of hydrazine groups is 1. The van der Waals surface area contributed by atoms with Gasteiger partial charge in [-0.05, 0) is 43.3 Å². The number of carbonyl (C=O) groups is 2. The summed E-state index contributed by atoms with van der Waals surface area (Å²) < 4.78 is 47.1. The van der Waals surface area contributed by atoms with Crippen molar-refractivity contribution in [1.29, 1.82) is 0 Å². The average Bonchev–Trinajstić information content (AvgIpc) is 2.61. The van der Waals surface area contributed by atoms with Gasteiger partial charge in [-0.3, -0.25) is 20.4 Å². The molecular weight excluding hydrogens is 353 g/mol. The SMILES string of the molecule is CC(Oc1ccc(F)cc1)C(=O)NNC(=O)c1ccccc1OC(F)F. The summed E-state index contributed by atoms with van der Waals surface area (Å²) >= 11 is 0. The average molecular weight is 368 g/mol. The molecule has 1 atom stereocenters. The van der Waals surface area contributed by atoms with E-state index in [9.17, 15) is 22.8 Å². The first kappa shape index (κ1) is 19.1. The smallest absolute Gasteiger partial charge is 0.387 e. The van der Waals surface area contributed by atoms with Crippen LogP contribution in [-0.4, -0.2) is 24.5 Å². The fourth-order valence-electron chi connectivity index (χ4n) is 1.91. The van der Waals surface area contributed by atoms with Crippen molar-refractivity contribution in [3.8, 4) is 11.5 Å². The maximum Gasteiger partial charge on any atom is 0.387 e. The molecule has 2 aromatic rings. The highest BCUT2D eigenvalue weighted by Crippen LogP contribution is 2.19. The van der Waals surface area contributed by atoms with Crippen LogP contribution in [-0.2, 0) is 4.79 Å². The molecule has 0 saturated carbocycles. The molecule has 0 aromatic heterocycles. The molecule has 2 amide bonds. The van der Waals surface area contributed by atoms with Crippen molar-refractivity contribution in [3.63, 3.8) is 0 Å². The van der Waals surface area contributed by atoms with Crippen molar-refractivity contribution in [2.45, 2.75) is 19.6 Å². The minimum absolute atomic E-state index is 0.180. The number of hydrogen-bond acceptors (Lipinski definition) is 4. The Bertz CT molecular complexity index is 769. The lowest BCUT2D eigenvalue weighted by Gasteiger charge is -2.16. The molecule has 9 heteroatoms. The maximum atomic E-state index is 12.8. The van der Waals surface area contributed by atoms with Crippen molar-refractivity contribution in [3.05, 3.63) is 59.9 Å². The van der Waals surface area contributed by atoms with Gasteiger partial charge in [0.25, 0.3) is 11.8 Å². The molecule has 6 nitrogen and oxygen atoms in total. The molecular formula is C17H15F3N2O4. The lowest BCUT2D eigenvalue weighted by molar-refractivity contribution is -0.128. The van der Waals surface area contributed by atoms with E-state index in [1.807, 2.05) is 0 Å². The van der Waals surface area contributed by atoms with Crippen molar-refractivity contribution >= 4 is 11.8 Å². The number of amides is 2. The zero-order valence-electron chi connectivity index (χ0n) is 13.5. The Hall–Kier alpha value is -3.23. The van der Waals surface area contributed by atoms with Crippen LogP contribution < -0.4 is 20.3 Å². The van der Waals surface area contributed by atoms with E-state index in [0.717, 1.165) is 0 Å². The molecule has 26 heavy (non-hydrogen) atoms. The van der Waals surface area contributed by atoms with E-state index in [2.05, 4.69) is 15.6 Å². The molecule has 0 aliphatic heterocycles. The number of carbonyl (C=O) groups excluding carboxylic acids is 2. The second-order valence-corrected chi connectivity index (χ2v) is 5.03. The van der Waals surface area contributed by atoms with Crippen molar-refractivity contribution < 1.29 is 32.2 Å². The molecule has 0 saturated heterocycles. The van der Waals surface area contributed by atoms with E-state index < -0.39 is 30.3 Å². The first-order valence-corrected chi connectivity index (χ1v) is 7.43. The van der Waals surface area contributed by atoms with Crippen LogP contribution in [0, 0.1) is 5.82 Å². The molecule has 1 unspecified atom stereocenters. The minimum Gasteiger partial charge on any atom is -0.481 e. The van der Waals surface area contributed by atoms with Gasteiger partial charge in [-0.25, -0.2) is 4.39 Å². The third-order valence-electron chi connectivity index (χ3n) is 3.14.